The van der Waals surface area contributed by atoms with Crippen LogP contribution in [0.5, 0.6) is 0 Å². The van der Waals surface area contributed by atoms with Crippen molar-refractivity contribution in [2.24, 2.45) is 0 Å². The first-order valence-electron chi connectivity index (χ1n) is 8.45. The summed E-state index contributed by atoms with van der Waals surface area (Å²) in [5, 5.41) is 0. The second-order valence-electron chi connectivity index (χ2n) is 6.11. The lowest BCUT2D eigenvalue weighted by atomic mass is 10.3. The molecule has 4 rings (SSSR count). The first-order valence-corrected chi connectivity index (χ1v) is 8.45. The van der Waals surface area contributed by atoms with E-state index in [1.165, 1.54) is 11.2 Å². The summed E-state index contributed by atoms with van der Waals surface area (Å²) in [6.45, 7) is 3.44. The third-order valence-electron chi connectivity index (χ3n) is 4.53. The number of cyclic esters (lactones) is 1. The zero-order valence-electron chi connectivity index (χ0n) is 14.2. The van der Waals surface area contributed by atoms with Crippen LogP contribution in [0.4, 0.5) is 10.6 Å². The maximum Gasteiger partial charge on any atom is 0.410 e. The molecule has 0 spiro atoms. The van der Waals surface area contributed by atoms with Gasteiger partial charge in [0.15, 0.2) is 0 Å². The predicted molar refractivity (Wildman–Crippen MR) is 90.9 cm³/mol. The first-order chi connectivity index (χ1) is 12.7. The third-order valence-corrected chi connectivity index (χ3v) is 4.53. The average Bonchev–Trinajstić information content (AvgIpc) is 3.35. The van der Waals surface area contributed by atoms with Gasteiger partial charge in [0, 0.05) is 44.6 Å². The molecule has 0 aliphatic carbocycles. The maximum atomic E-state index is 12.4. The van der Waals surface area contributed by atoms with Crippen LogP contribution >= 0.6 is 0 Å². The fraction of sp³-hybridized carbons (Fsp3) is 0.438. The number of amides is 2. The third kappa shape index (κ3) is 3.30. The average molecular weight is 357 g/mol. The second-order valence-corrected chi connectivity index (χ2v) is 6.11. The summed E-state index contributed by atoms with van der Waals surface area (Å²) in [5.41, 5.74) is 0. The molecule has 0 radical (unpaired) electrons. The number of nitrogens with zero attached hydrogens (tertiary/aromatic N) is 7. The minimum Gasteiger partial charge on any atom is -0.448 e. The van der Waals surface area contributed by atoms with Crippen LogP contribution < -0.4 is 4.90 Å². The lowest BCUT2D eigenvalue weighted by Gasteiger charge is -2.35. The highest BCUT2D eigenvalue weighted by Gasteiger charge is 2.28. The quantitative estimate of drug-likeness (QED) is 0.745. The van der Waals surface area contributed by atoms with E-state index in [0.717, 1.165) is 11.6 Å². The predicted octanol–water partition coefficient (Wildman–Crippen LogP) is -0.237. The monoisotopic (exact) mass is 357 g/mol. The van der Waals surface area contributed by atoms with Crippen LogP contribution in [0.15, 0.2) is 31.1 Å². The van der Waals surface area contributed by atoms with Crippen molar-refractivity contribution in [1.82, 2.24) is 29.3 Å². The fourth-order valence-electron chi connectivity index (χ4n) is 3.06. The van der Waals surface area contributed by atoms with Crippen molar-refractivity contribution in [3.05, 3.63) is 31.1 Å². The molecule has 2 amide bonds. The van der Waals surface area contributed by atoms with Gasteiger partial charge in [0.25, 0.3) is 0 Å². The van der Waals surface area contributed by atoms with E-state index in [1.807, 2.05) is 16.8 Å². The Hall–Kier alpha value is -3.17. The lowest BCUT2D eigenvalue weighted by Crippen LogP contribution is -2.51. The topological polar surface area (TPSA) is 96.7 Å². The highest BCUT2D eigenvalue weighted by Crippen LogP contribution is 2.16. The summed E-state index contributed by atoms with van der Waals surface area (Å²) >= 11 is 0. The van der Waals surface area contributed by atoms with Crippen molar-refractivity contribution >= 4 is 17.8 Å². The van der Waals surface area contributed by atoms with Gasteiger partial charge in [-0.15, -0.1) is 0 Å². The van der Waals surface area contributed by atoms with Crippen LogP contribution in [0.2, 0.25) is 0 Å². The molecule has 136 valence electrons. The molecule has 2 aliphatic heterocycles. The molecule has 2 aromatic rings. The van der Waals surface area contributed by atoms with Gasteiger partial charge in [-0.05, 0) is 0 Å². The fourth-order valence-corrected chi connectivity index (χ4v) is 3.06. The number of rotatable bonds is 4. The smallest absolute Gasteiger partial charge is 0.410 e. The van der Waals surface area contributed by atoms with Crippen LogP contribution in [-0.2, 0) is 9.53 Å². The van der Waals surface area contributed by atoms with Crippen molar-refractivity contribution in [3.63, 3.8) is 0 Å². The van der Waals surface area contributed by atoms with E-state index in [2.05, 4.69) is 19.9 Å². The first kappa shape index (κ1) is 16.3. The number of imidazole rings is 1. The van der Waals surface area contributed by atoms with Crippen LogP contribution in [0.3, 0.4) is 0 Å². The molecule has 0 atom stereocenters. The number of hydrogen-bond acceptors (Lipinski definition) is 7. The Morgan fingerprint density at radius 2 is 1.92 bits per heavy atom. The van der Waals surface area contributed by atoms with Gasteiger partial charge < -0.3 is 14.5 Å². The Balaban J connectivity index is 1.35. The zero-order valence-corrected chi connectivity index (χ0v) is 14.2. The highest BCUT2D eigenvalue weighted by atomic mass is 16.6. The Morgan fingerprint density at radius 3 is 2.62 bits per heavy atom. The molecule has 10 nitrogen and oxygen atoms in total. The van der Waals surface area contributed by atoms with Gasteiger partial charge in [-0.25, -0.2) is 19.7 Å². The van der Waals surface area contributed by atoms with Gasteiger partial charge in [0.1, 0.15) is 37.4 Å². The number of hydrogen-bond donors (Lipinski definition) is 0. The molecule has 0 N–H and O–H groups in total. The Labute approximate surface area is 150 Å². The Bertz CT molecular complexity index is 787. The van der Waals surface area contributed by atoms with E-state index in [-0.39, 0.29) is 12.5 Å². The summed E-state index contributed by atoms with van der Waals surface area (Å²) in [6.07, 6.45) is 6.33. The van der Waals surface area contributed by atoms with Crippen molar-refractivity contribution < 1.29 is 14.3 Å². The molecule has 4 heterocycles. The van der Waals surface area contributed by atoms with Gasteiger partial charge >= 0.3 is 6.09 Å². The molecule has 0 aromatic carbocycles. The number of piperazine rings is 1. The van der Waals surface area contributed by atoms with Crippen molar-refractivity contribution in [2.75, 3.05) is 50.8 Å². The highest BCUT2D eigenvalue weighted by molar-refractivity contribution is 5.83. The molecule has 2 aromatic heterocycles. The van der Waals surface area contributed by atoms with Crippen LogP contribution in [-0.4, -0.2) is 87.2 Å². The van der Waals surface area contributed by atoms with E-state index < -0.39 is 6.09 Å². The van der Waals surface area contributed by atoms with Gasteiger partial charge in [-0.3, -0.25) is 14.3 Å². The summed E-state index contributed by atoms with van der Waals surface area (Å²) in [6, 6.07) is 1.90. The van der Waals surface area contributed by atoms with E-state index in [0.29, 0.717) is 39.3 Å². The van der Waals surface area contributed by atoms with Crippen molar-refractivity contribution in [3.8, 4) is 5.82 Å². The lowest BCUT2D eigenvalue weighted by molar-refractivity contribution is -0.132. The molecular formula is C16H19N7O3. The number of carbonyl (C=O) groups is 2. The molecule has 2 fully saturated rings. The van der Waals surface area contributed by atoms with Gasteiger partial charge in [0.2, 0.25) is 5.91 Å². The van der Waals surface area contributed by atoms with Crippen LogP contribution in [0.25, 0.3) is 5.82 Å². The summed E-state index contributed by atoms with van der Waals surface area (Å²) in [7, 11) is 0. The van der Waals surface area contributed by atoms with E-state index in [4.69, 9.17) is 4.74 Å². The van der Waals surface area contributed by atoms with E-state index >= 15 is 0 Å². The minimum absolute atomic E-state index is 0.0507. The van der Waals surface area contributed by atoms with Crippen LogP contribution in [0, 0.1) is 0 Å². The molecule has 10 heteroatoms. The Kier molecular flexibility index (Phi) is 4.38. The maximum absolute atomic E-state index is 12.4. The van der Waals surface area contributed by atoms with Crippen molar-refractivity contribution in [2.45, 2.75) is 0 Å². The van der Waals surface area contributed by atoms with Gasteiger partial charge in [-0.2, -0.15) is 0 Å². The molecular weight excluding hydrogens is 338 g/mol. The largest absolute Gasteiger partial charge is 0.448 e. The normalized spacial score (nSPS) is 17.5. The molecule has 0 unspecified atom stereocenters. The number of ether oxygens (including phenoxy) is 1. The summed E-state index contributed by atoms with van der Waals surface area (Å²) in [5.74, 6) is 1.52. The number of carbonyl (C=O) groups excluding carboxylic acids is 2. The SMILES string of the molecule is O=C(CN1CCOC1=O)N1CCN(c2cc(-n3ccnc3)ncn2)CC1. The summed E-state index contributed by atoms with van der Waals surface area (Å²) < 4.78 is 6.68. The molecule has 0 bridgehead atoms. The molecule has 2 aliphatic rings. The molecule has 2 saturated heterocycles. The zero-order chi connectivity index (χ0) is 17.9. The van der Waals surface area contributed by atoms with Crippen LogP contribution in [0.1, 0.15) is 0 Å². The number of aromatic nitrogens is 4. The van der Waals surface area contributed by atoms with Gasteiger partial charge in [0.05, 0.1) is 6.54 Å². The standard InChI is InChI=1S/C16H19N7O3/c24-15(10-22-7-8-26-16(22)25)21-5-3-20(4-6-21)13-9-14(19-11-18-13)23-2-1-17-12-23/h1-2,9,11-12H,3-8,10H2. The van der Waals surface area contributed by atoms with Crippen molar-refractivity contribution in [1.29, 1.82) is 0 Å². The van der Waals surface area contributed by atoms with E-state index in [1.54, 1.807) is 17.4 Å². The van der Waals surface area contributed by atoms with E-state index in [9.17, 15) is 9.59 Å². The second kappa shape index (κ2) is 6.98. The molecule has 0 saturated carbocycles. The van der Waals surface area contributed by atoms with Gasteiger partial charge in [-0.1, -0.05) is 0 Å². The Morgan fingerprint density at radius 1 is 1.12 bits per heavy atom. The minimum atomic E-state index is -0.412. The number of anilines is 1. The summed E-state index contributed by atoms with van der Waals surface area (Å²) in [4.78, 5) is 41.8. The molecule has 26 heavy (non-hydrogen) atoms.